The third kappa shape index (κ3) is 3.54. The highest BCUT2D eigenvalue weighted by atomic mass is 32.2. The van der Waals surface area contributed by atoms with Gasteiger partial charge in [-0.05, 0) is 53.9 Å². The number of sulfonamides is 2. The van der Waals surface area contributed by atoms with Crippen molar-refractivity contribution >= 4 is 20.0 Å². The van der Waals surface area contributed by atoms with E-state index in [0.717, 1.165) is 5.56 Å². The van der Waals surface area contributed by atoms with E-state index in [4.69, 9.17) is 9.88 Å². The molecule has 0 fully saturated rings. The number of benzene rings is 2. The molecule has 0 aliphatic carbocycles. The van der Waals surface area contributed by atoms with Crippen LogP contribution in [0.2, 0.25) is 0 Å². The van der Waals surface area contributed by atoms with Crippen LogP contribution in [0.4, 0.5) is 0 Å². The molecule has 2 N–H and O–H groups in total. The van der Waals surface area contributed by atoms with E-state index < -0.39 is 20.0 Å². The smallest absolute Gasteiger partial charge is 0.243 e. The maximum Gasteiger partial charge on any atom is 0.243 e. The molecule has 3 rings (SSSR count). The van der Waals surface area contributed by atoms with Gasteiger partial charge in [-0.2, -0.15) is 4.31 Å². The molecule has 2 aromatic rings. The van der Waals surface area contributed by atoms with Gasteiger partial charge in [0.05, 0.1) is 16.9 Å². The third-order valence-corrected chi connectivity index (χ3v) is 6.95. The van der Waals surface area contributed by atoms with Crippen LogP contribution < -0.4 is 9.88 Å². The van der Waals surface area contributed by atoms with Gasteiger partial charge in [0.25, 0.3) is 0 Å². The van der Waals surface area contributed by atoms with Crippen LogP contribution in [0.25, 0.3) is 0 Å². The first-order valence-corrected chi connectivity index (χ1v) is 10.5. The van der Waals surface area contributed by atoms with Crippen LogP contribution in [0.5, 0.6) is 5.75 Å². The van der Waals surface area contributed by atoms with E-state index in [-0.39, 0.29) is 16.3 Å². The van der Waals surface area contributed by atoms with Crippen LogP contribution in [-0.4, -0.2) is 34.8 Å². The first kappa shape index (κ1) is 17.9. The molecule has 0 saturated heterocycles. The highest BCUT2D eigenvalue weighted by molar-refractivity contribution is 7.89. The summed E-state index contributed by atoms with van der Waals surface area (Å²) in [6, 6.07) is 10.7. The Morgan fingerprint density at radius 2 is 1.60 bits per heavy atom. The second kappa shape index (κ2) is 6.41. The summed E-state index contributed by atoms with van der Waals surface area (Å²) in [7, 11) is -6.00. The minimum absolute atomic E-state index is 0.0186. The zero-order chi connectivity index (χ0) is 18.2. The maximum absolute atomic E-state index is 12.8. The molecule has 0 unspecified atom stereocenters. The lowest BCUT2D eigenvalue weighted by atomic mass is 10.0. The van der Waals surface area contributed by atoms with Gasteiger partial charge in [0, 0.05) is 13.1 Å². The molecule has 0 aromatic heterocycles. The molecular weight excluding hydrogens is 364 g/mol. The molecule has 134 valence electrons. The normalized spacial score (nSPS) is 15.6. The van der Waals surface area contributed by atoms with Gasteiger partial charge in [0.1, 0.15) is 5.75 Å². The van der Waals surface area contributed by atoms with E-state index in [0.29, 0.717) is 24.3 Å². The summed E-state index contributed by atoms with van der Waals surface area (Å²) in [6.45, 7) is 0.434. The van der Waals surface area contributed by atoms with Gasteiger partial charge >= 0.3 is 0 Å². The predicted octanol–water partition coefficient (Wildman–Crippen LogP) is 1.09. The van der Waals surface area contributed by atoms with E-state index in [1.165, 1.54) is 35.7 Å². The molecule has 1 aliphatic rings. The van der Waals surface area contributed by atoms with Gasteiger partial charge in [0.15, 0.2) is 0 Å². The first-order chi connectivity index (χ1) is 11.7. The largest absolute Gasteiger partial charge is 0.497 e. The van der Waals surface area contributed by atoms with Gasteiger partial charge < -0.3 is 4.74 Å². The number of rotatable bonds is 4. The number of nitrogens with zero attached hydrogens (tertiary/aromatic N) is 1. The van der Waals surface area contributed by atoms with Crippen molar-refractivity contribution in [3.63, 3.8) is 0 Å². The molecule has 25 heavy (non-hydrogen) atoms. The molecule has 0 atom stereocenters. The maximum atomic E-state index is 12.8. The summed E-state index contributed by atoms with van der Waals surface area (Å²) in [5, 5.41) is 5.16. The minimum Gasteiger partial charge on any atom is -0.497 e. The number of methoxy groups -OCH3 is 1. The Labute approximate surface area is 147 Å². The molecule has 0 amide bonds. The van der Waals surface area contributed by atoms with Gasteiger partial charge in [-0.15, -0.1) is 0 Å². The lowest BCUT2D eigenvalue weighted by Gasteiger charge is -2.28. The second-order valence-electron chi connectivity index (χ2n) is 5.74. The topological polar surface area (TPSA) is 107 Å². The average molecular weight is 382 g/mol. The fraction of sp³-hybridized carbons (Fsp3) is 0.250. The number of primary sulfonamides is 1. The highest BCUT2D eigenvalue weighted by Gasteiger charge is 2.29. The Morgan fingerprint density at radius 3 is 2.20 bits per heavy atom. The summed E-state index contributed by atoms with van der Waals surface area (Å²) in [4.78, 5) is 0.147. The van der Waals surface area contributed by atoms with E-state index in [2.05, 4.69) is 0 Å². The van der Waals surface area contributed by atoms with Gasteiger partial charge in [-0.1, -0.05) is 6.07 Å². The summed E-state index contributed by atoms with van der Waals surface area (Å²) in [5.74, 6) is 0.570. The molecule has 9 heteroatoms. The molecule has 1 heterocycles. The standard InChI is InChI=1S/C16H18N2O5S2/c1-23-14-3-6-15(7-4-14)25(21,22)18-9-8-12-2-5-16(24(17,19)20)10-13(12)11-18/h2-7,10H,8-9,11H2,1H3,(H2,17,19,20). The zero-order valence-electron chi connectivity index (χ0n) is 13.5. The van der Waals surface area contributed by atoms with Crippen molar-refractivity contribution in [2.45, 2.75) is 22.8 Å². The van der Waals surface area contributed by atoms with Crippen LogP contribution in [0.3, 0.4) is 0 Å². The second-order valence-corrected chi connectivity index (χ2v) is 9.24. The van der Waals surface area contributed by atoms with Crippen molar-refractivity contribution in [1.82, 2.24) is 4.31 Å². The lowest BCUT2D eigenvalue weighted by Crippen LogP contribution is -2.36. The summed E-state index contributed by atoms with van der Waals surface area (Å²) in [6.07, 6.45) is 0.510. The average Bonchev–Trinajstić information content (AvgIpc) is 2.60. The lowest BCUT2D eigenvalue weighted by molar-refractivity contribution is 0.390. The molecule has 0 radical (unpaired) electrons. The molecule has 0 bridgehead atoms. The number of ether oxygens (including phenoxy) is 1. The quantitative estimate of drug-likeness (QED) is 0.852. The highest BCUT2D eigenvalue weighted by Crippen LogP contribution is 2.27. The van der Waals surface area contributed by atoms with Gasteiger partial charge in [-0.3, -0.25) is 0 Å². The third-order valence-electron chi connectivity index (χ3n) is 4.18. The van der Waals surface area contributed by atoms with Crippen molar-refractivity contribution in [2.24, 2.45) is 5.14 Å². The number of hydrogen-bond acceptors (Lipinski definition) is 5. The Hall–Kier alpha value is -1.94. The Kier molecular flexibility index (Phi) is 4.58. The van der Waals surface area contributed by atoms with Crippen molar-refractivity contribution in [3.8, 4) is 5.75 Å². The summed E-state index contributed by atoms with van der Waals surface area (Å²) in [5.41, 5.74) is 1.57. The van der Waals surface area contributed by atoms with Crippen molar-refractivity contribution < 1.29 is 21.6 Å². The van der Waals surface area contributed by atoms with Crippen LogP contribution in [-0.2, 0) is 33.0 Å². The summed E-state index contributed by atoms with van der Waals surface area (Å²) >= 11 is 0. The Morgan fingerprint density at radius 1 is 0.960 bits per heavy atom. The SMILES string of the molecule is COc1ccc(S(=O)(=O)N2CCc3ccc(S(N)(=O)=O)cc3C2)cc1. The molecule has 0 spiro atoms. The van der Waals surface area contributed by atoms with E-state index >= 15 is 0 Å². The molecule has 1 aliphatic heterocycles. The van der Waals surface area contributed by atoms with Crippen molar-refractivity contribution in [2.75, 3.05) is 13.7 Å². The fourth-order valence-corrected chi connectivity index (χ4v) is 4.77. The fourth-order valence-electron chi connectivity index (χ4n) is 2.79. The van der Waals surface area contributed by atoms with Gasteiger partial charge in [0.2, 0.25) is 20.0 Å². The van der Waals surface area contributed by atoms with Crippen molar-refractivity contribution in [1.29, 1.82) is 0 Å². The van der Waals surface area contributed by atoms with E-state index in [9.17, 15) is 16.8 Å². The monoisotopic (exact) mass is 382 g/mol. The minimum atomic E-state index is -3.83. The summed E-state index contributed by atoms with van der Waals surface area (Å²) < 4.78 is 55.0. The predicted molar refractivity (Wildman–Crippen MR) is 92.1 cm³/mol. The molecule has 7 nitrogen and oxygen atoms in total. The molecule has 2 aromatic carbocycles. The molecule has 0 saturated carbocycles. The van der Waals surface area contributed by atoms with Crippen LogP contribution in [0, 0.1) is 0 Å². The van der Waals surface area contributed by atoms with Crippen LogP contribution in [0.15, 0.2) is 52.3 Å². The van der Waals surface area contributed by atoms with Crippen LogP contribution in [0.1, 0.15) is 11.1 Å². The Bertz CT molecular complexity index is 999. The number of hydrogen-bond donors (Lipinski definition) is 1. The van der Waals surface area contributed by atoms with E-state index in [1.54, 1.807) is 18.2 Å². The first-order valence-electron chi connectivity index (χ1n) is 7.50. The van der Waals surface area contributed by atoms with Crippen LogP contribution >= 0.6 is 0 Å². The van der Waals surface area contributed by atoms with Crippen molar-refractivity contribution in [3.05, 3.63) is 53.6 Å². The molecular formula is C16H18N2O5S2. The van der Waals surface area contributed by atoms with E-state index in [1.807, 2.05) is 0 Å². The van der Waals surface area contributed by atoms with Gasteiger partial charge in [-0.25, -0.2) is 22.0 Å². The number of nitrogens with two attached hydrogens (primary N) is 1. The Balaban J connectivity index is 1.92. The zero-order valence-corrected chi connectivity index (χ0v) is 15.2. The number of fused-ring (bicyclic) bond motifs is 1.